The van der Waals surface area contributed by atoms with E-state index in [1.807, 2.05) is 0 Å². The van der Waals surface area contributed by atoms with Gasteiger partial charge in [-0.15, -0.1) is 0 Å². The Balaban J connectivity index is 2.37. The minimum Gasteiger partial charge on any atom is -0.475 e. The summed E-state index contributed by atoms with van der Waals surface area (Å²) in [6, 6.07) is 0.785. The van der Waals surface area contributed by atoms with Crippen LogP contribution in [-0.4, -0.2) is 51.4 Å². The topological polar surface area (TPSA) is 67.8 Å². The van der Waals surface area contributed by atoms with Gasteiger partial charge in [-0.2, -0.15) is 13.2 Å². The van der Waals surface area contributed by atoms with Crippen LogP contribution in [0.4, 0.5) is 13.2 Å². The van der Waals surface area contributed by atoms with E-state index in [2.05, 4.69) is 20.6 Å². The summed E-state index contributed by atoms with van der Waals surface area (Å²) >= 11 is 5.75. The van der Waals surface area contributed by atoms with Crippen LogP contribution >= 0.6 is 11.6 Å². The molecule has 1 aromatic heterocycles. The highest BCUT2D eigenvalue weighted by Gasteiger charge is 2.31. The van der Waals surface area contributed by atoms with E-state index < -0.39 is 11.7 Å². The summed E-state index contributed by atoms with van der Waals surface area (Å²) < 4.78 is 47.7. The van der Waals surface area contributed by atoms with Crippen molar-refractivity contribution in [3.63, 3.8) is 0 Å². The molecule has 10 heteroatoms. The van der Waals surface area contributed by atoms with Crippen LogP contribution in [0.3, 0.4) is 0 Å². The molecule has 0 spiro atoms. The molecule has 2 N–H and O–H groups in total. The third kappa shape index (κ3) is 7.22. The lowest BCUT2D eigenvalue weighted by molar-refractivity contribution is -0.137. The normalized spacial score (nSPS) is 12.2. The highest BCUT2D eigenvalue weighted by atomic mass is 35.5. The van der Waals surface area contributed by atoms with Crippen molar-refractivity contribution in [2.75, 3.05) is 40.5 Å². The monoisotopic (exact) mass is 368 g/mol. The Morgan fingerprint density at radius 1 is 1.29 bits per heavy atom. The molecule has 0 saturated carbocycles. The fourth-order valence-corrected chi connectivity index (χ4v) is 1.87. The summed E-state index contributed by atoms with van der Waals surface area (Å²) in [6.07, 6.45) is -2.97. The van der Waals surface area contributed by atoms with E-state index in [9.17, 15) is 13.2 Å². The number of rotatable bonds is 8. The van der Waals surface area contributed by atoms with Crippen LogP contribution in [0.1, 0.15) is 12.0 Å². The smallest absolute Gasteiger partial charge is 0.417 e. The summed E-state index contributed by atoms with van der Waals surface area (Å²) in [5.41, 5.74) is -0.918. The van der Waals surface area contributed by atoms with Gasteiger partial charge in [-0.25, -0.2) is 4.98 Å². The average molecular weight is 369 g/mol. The molecule has 0 fully saturated rings. The molecule has 0 amide bonds. The molecular formula is C14H20ClF3N4O2. The molecule has 0 bridgehead atoms. The summed E-state index contributed by atoms with van der Waals surface area (Å²) in [4.78, 5) is 7.61. The third-order valence-corrected chi connectivity index (χ3v) is 3.08. The number of hydrogen-bond donors (Lipinski definition) is 2. The Hall–Kier alpha value is -1.74. The van der Waals surface area contributed by atoms with Gasteiger partial charge in [-0.3, -0.25) is 4.99 Å². The molecule has 1 heterocycles. The number of ether oxygens (including phenoxy) is 2. The molecule has 0 aliphatic heterocycles. The number of halogens is 4. The molecule has 0 aliphatic rings. The molecule has 0 atom stereocenters. The maximum atomic E-state index is 12.5. The summed E-state index contributed by atoms with van der Waals surface area (Å²) in [5.74, 6) is 0.538. The molecule has 24 heavy (non-hydrogen) atoms. The summed E-state index contributed by atoms with van der Waals surface area (Å²) in [6.45, 7) is 1.88. The first kappa shape index (κ1) is 20.3. The number of pyridine rings is 1. The highest BCUT2D eigenvalue weighted by Crippen LogP contribution is 2.32. The van der Waals surface area contributed by atoms with E-state index in [1.54, 1.807) is 14.2 Å². The predicted molar refractivity (Wildman–Crippen MR) is 85.6 cm³/mol. The van der Waals surface area contributed by atoms with Crippen molar-refractivity contribution in [1.29, 1.82) is 0 Å². The molecule has 1 aromatic rings. The molecular weight excluding hydrogens is 349 g/mol. The number of aliphatic imine (C=N–C) groups is 1. The number of guanidine groups is 1. The molecule has 0 unspecified atom stereocenters. The largest absolute Gasteiger partial charge is 0.475 e. The van der Waals surface area contributed by atoms with Crippen molar-refractivity contribution in [2.24, 2.45) is 4.99 Å². The van der Waals surface area contributed by atoms with Gasteiger partial charge in [0.25, 0.3) is 0 Å². The number of nitrogens with zero attached hydrogens (tertiary/aromatic N) is 2. The lowest BCUT2D eigenvalue weighted by atomic mass is 10.3. The minimum atomic E-state index is -4.49. The van der Waals surface area contributed by atoms with Crippen molar-refractivity contribution in [2.45, 2.75) is 12.6 Å². The summed E-state index contributed by atoms with van der Waals surface area (Å²) in [7, 11) is 3.26. The maximum Gasteiger partial charge on any atom is 0.417 e. The molecule has 6 nitrogen and oxygen atoms in total. The third-order valence-electron chi connectivity index (χ3n) is 2.81. The van der Waals surface area contributed by atoms with Crippen LogP contribution < -0.4 is 15.4 Å². The van der Waals surface area contributed by atoms with Crippen molar-refractivity contribution in [3.8, 4) is 5.88 Å². The lowest BCUT2D eigenvalue weighted by Crippen LogP contribution is -2.39. The van der Waals surface area contributed by atoms with Gasteiger partial charge in [-0.1, -0.05) is 11.6 Å². The van der Waals surface area contributed by atoms with Gasteiger partial charge in [-0.05, 0) is 12.5 Å². The van der Waals surface area contributed by atoms with E-state index >= 15 is 0 Å². The molecule has 0 aliphatic carbocycles. The first-order chi connectivity index (χ1) is 11.4. The van der Waals surface area contributed by atoms with Gasteiger partial charge >= 0.3 is 6.18 Å². The Bertz CT molecular complexity index is 541. The van der Waals surface area contributed by atoms with Crippen LogP contribution in [0.15, 0.2) is 17.3 Å². The van der Waals surface area contributed by atoms with E-state index in [0.717, 1.165) is 12.5 Å². The standard InChI is InChI=1S/C14H20ClF3N4O2/c1-19-13(20-4-3-6-23-2)21-5-7-24-12-11(15)8-10(9-22-12)14(16,17)18/h8-9H,3-7H2,1-2H3,(H2,19,20,21). The molecule has 0 aromatic carbocycles. The molecule has 136 valence electrons. The van der Waals surface area contributed by atoms with Crippen molar-refractivity contribution >= 4 is 17.6 Å². The van der Waals surface area contributed by atoms with Gasteiger partial charge in [0.2, 0.25) is 5.88 Å². The quantitative estimate of drug-likeness (QED) is 0.419. The Labute approximate surface area is 143 Å². The van der Waals surface area contributed by atoms with Crippen LogP contribution in [0.25, 0.3) is 0 Å². The van der Waals surface area contributed by atoms with Gasteiger partial charge in [0, 0.05) is 33.5 Å². The minimum absolute atomic E-state index is 0.0468. The first-order valence-corrected chi connectivity index (χ1v) is 7.55. The Morgan fingerprint density at radius 3 is 2.58 bits per heavy atom. The van der Waals surface area contributed by atoms with Crippen LogP contribution in [-0.2, 0) is 10.9 Å². The fraction of sp³-hybridized carbons (Fsp3) is 0.571. The van der Waals surface area contributed by atoms with Crippen LogP contribution in [0.5, 0.6) is 5.88 Å². The zero-order chi connectivity index (χ0) is 18.0. The molecule has 0 radical (unpaired) electrons. The predicted octanol–water partition coefficient (Wildman–Crippen LogP) is 2.33. The van der Waals surface area contributed by atoms with Gasteiger partial charge in [0.05, 0.1) is 12.1 Å². The van der Waals surface area contributed by atoms with Gasteiger partial charge in [0.1, 0.15) is 11.6 Å². The fourth-order valence-electron chi connectivity index (χ4n) is 1.65. The zero-order valence-electron chi connectivity index (χ0n) is 13.4. The summed E-state index contributed by atoms with van der Waals surface area (Å²) in [5, 5.41) is 5.88. The van der Waals surface area contributed by atoms with E-state index in [1.165, 1.54) is 0 Å². The van der Waals surface area contributed by atoms with Crippen molar-refractivity contribution < 1.29 is 22.6 Å². The number of methoxy groups -OCH3 is 1. The van der Waals surface area contributed by atoms with Crippen LogP contribution in [0, 0.1) is 0 Å². The number of hydrogen-bond acceptors (Lipinski definition) is 4. The number of nitrogens with one attached hydrogen (secondary N) is 2. The number of alkyl halides is 3. The highest BCUT2D eigenvalue weighted by molar-refractivity contribution is 6.31. The van der Waals surface area contributed by atoms with Gasteiger partial charge < -0.3 is 20.1 Å². The Kier molecular flexibility index (Phi) is 8.62. The van der Waals surface area contributed by atoms with E-state index in [4.69, 9.17) is 21.1 Å². The number of aromatic nitrogens is 1. The first-order valence-electron chi connectivity index (χ1n) is 7.17. The molecule has 0 saturated heterocycles. The second kappa shape index (κ2) is 10.2. The van der Waals surface area contributed by atoms with E-state index in [0.29, 0.717) is 31.9 Å². The van der Waals surface area contributed by atoms with Crippen LogP contribution in [0.2, 0.25) is 5.02 Å². The Morgan fingerprint density at radius 2 is 2.00 bits per heavy atom. The zero-order valence-corrected chi connectivity index (χ0v) is 14.2. The van der Waals surface area contributed by atoms with E-state index in [-0.39, 0.29) is 17.5 Å². The second-order valence-corrected chi connectivity index (χ2v) is 5.04. The van der Waals surface area contributed by atoms with Crippen molar-refractivity contribution in [3.05, 3.63) is 22.8 Å². The second-order valence-electron chi connectivity index (χ2n) is 4.63. The van der Waals surface area contributed by atoms with Gasteiger partial charge in [0.15, 0.2) is 5.96 Å². The lowest BCUT2D eigenvalue weighted by Gasteiger charge is -2.13. The van der Waals surface area contributed by atoms with Crippen molar-refractivity contribution in [1.82, 2.24) is 15.6 Å². The molecule has 1 rings (SSSR count). The maximum absolute atomic E-state index is 12.5. The average Bonchev–Trinajstić information content (AvgIpc) is 2.53. The SMILES string of the molecule is CN=C(NCCCOC)NCCOc1ncc(C(F)(F)F)cc1Cl.